The first-order chi connectivity index (χ1) is 32.2. The van der Waals surface area contributed by atoms with Gasteiger partial charge in [0.05, 0.1) is 41.6 Å². The highest BCUT2D eigenvalue weighted by atomic mass is 127. The largest absolute Gasteiger partial charge is 0.478 e. The first-order valence-electron chi connectivity index (χ1n) is 21.3. The Morgan fingerprint density at radius 1 is 0.687 bits per heavy atom. The number of carbonyl (C=O) groups is 2. The van der Waals surface area contributed by atoms with Crippen molar-refractivity contribution in [2.24, 2.45) is 10.2 Å². The standard InChI is InChI=1S/C23H24ClN3O2S.C18H14ClN3O2S.C5H11I.B6/c1-3-4-9-14-29-22(28)18-11-6-5-10-17(18)15-25-27(2)23-26-21(16-30-23)19-12-7-8-13-20(19)24;1-22(20-10-12-6-2-3-7-13(12)17(23)24)18-21-16(11-25-18)14-8-4-5-9-15(14)19;1-2-3-4-5-6;1-5(2)6(3)4/h5-8,10-13,15-16H,3-4,9,14H2,1-2H3;2-11H,1H3,(H,23,24);2-5H2,1H3;/b25-15+;20-10+;;. The van der Waals surface area contributed by atoms with Crippen molar-refractivity contribution >= 4 is 147 Å². The Hall–Kier alpha value is -4.28. The van der Waals surface area contributed by atoms with Crippen molar-refractivity contribution in [1.29, 1.82) is 0 Å². The third-order valence-corrected chi connectivity index (χ3v) is 12.3. The molecule has 4 aromatic carbocycles. The number of alkyl halides is 1. The van der Waals surface area contributed by atoms with Crippen LogP contribution in [-0.4, -0.2) is 108 Å². The quantitative estimate of drug-likeness (QED) is 0.0172. The van der Waals surface area contributed by atoms with Gasteiger partial charge in [0, 0.05) is 101 Å². The molecular formula is C46H49B6Cl2IN6O4S2. The van der Waals surface area contributed by atoms with E-state index in [1.165, 1.54) is 52.6 Å². The summed E-state index contributed by atoms with van der Waals surface area (Å²) in [6, 6.07) is 29.1. The number of unbranched alkanes of at least 4 members (excludes halogenated alkanes) is 4. The second-order valence-electron chi connectivity index (χ2n) is 14.4. The predicted octanol–water partition coefficient (Wildman–Crippen LogP) is 11.2. The second kappa shape index (κ2) is 31.7. The lowest BCUT2D eigenvalue weighted by atomic mass is 8.81. The molecule has 0 atom stereocenters. The van der Waals surface area contributed by atoms with Gasteiger partial charge in [0.1, 0.15) is 0 Å². The molecule has 338 valence electrons. The summed E-state index contributed by atoms with van der Waals surface area (Å²) in [4.78, 5) is 32.8. The average Bonchev–Trinajstić information content (AvgIpc) is 4.03. The fraction of sp³-hybridized carbons (Fsp3) is 0.261. The van der Waals surface area contributed by atoms with Crippen molar-refractivity contribution in [1.82, 2.24) is 9.97 Å². The van der Waals surface area contributed by atoms with E-state index in [4.69, 9.17) is 58.9 Å². The molecule has 0 fully saturated rings. The average molecular weight is 1080 g/mol. The van der Waals surface area contributed by atoms with Crippen molar-refractivity contribution in [2.45, 2.75) is 52.4 Å². The Kier molecular flexibility index (Phi) is 27.0. The van der Waals surface area contributed by atoms with E-state index in [1.54, 1.807) is 53.6 Å². The number of carboxylic acid groups (broad SMARTS) is 1. The first-order valence-corrected chi connectivity index (χ1v) is 25.4. The number of hydrogen-bond acceptors (Lipinski definition) is 11. The zero-order chi connectivity index (χ0) is 49.1. The summed E-state index contributed by atoms with van der Waals surface area (Å²) in [5.41, 5.74) is 5.27. The molecule has 0 spiro atoms. The molecule has 0 saturated heterocycles. The van der Waals surface area contributed by atoms with Crippen molar-refractivity contribution in [2.75, 3.05) is 35.1 Å². The number of rotatable bonds is 18. The number of anilines is 2. The van der Waals surface area contributed by atoms with Crippen molar-refractivity contribution in [3.05, 3.63) is 140 Å². The zero-order valence-electron chi connectivity index (χ0n) is 38.0. The van der Waals surface area contributed by atoms with Crippen LogP contribution in [0.5, 0.6) is 0 Å². The van der Waals surface area contributed by atoms with Gasteiger partial charge < -0.3 is 9.84 Å². The van der Waals surface area contributed by atoms with Gasteiger partial charge in [0.25, 0.3) is 0 Å². The molecule has 0 aliphatic rings. The summed E-state index contributed by atoms with van der Waals surface area (Å²) >= 11 is 17.8. The summed E-state index contributed by atoms with van der Waals surface area (Å²) < 4.78 is 6.71. The van der Waals surface area contributed by atoms with Crippen LogP contribution in [0, 0.1) is 0 Å². The number of aromatic carboxylic acids is 1. The monoisotopic (exact) mass is 1080 g/mol. The van der Waals surface area contributed by atoms with Crippen LogP contribution in [0.2, 0.25) is 10.0 Å². The molecule has 0 bridgehead atoms. The second-order valence-corrected chi connectivity index (χ2v) is 18.0. The minimum atomic E-state index is -0.986. The molecule has 2 aromatic heterocycles. The molecule has 10 nitrogen and oxygen atoms in total. The van der Waals surface area contributed by atoms with Crippen molar-refractivity contribution in [3.63, 3.8) is 0 Å². The van der Waals surface area contributed by atoms with E-state index in [2.05, 4.69) is 56.6 Å². The minimum Gasteiger partial charge on any atom is -0.478 e. The van der Waals surface area contributed by atoms with Gasteiger partial charge in [-0.1, -0.05) is 158 Å². The number of thiazole rings is 2. The first kappa shape index (κ1) is 57.0. The van der Waals surface area contributed by atoms with Crippen LogP contribution in [-0.2, 0) is 4.74 Å². The molecule has 1 N–H and O–H groups in total. The van der Waals surface area contributed by atoms with Crippen LogP contribution < -0.4 is 10.0 Å². The van der Waals surface area contributed by atoms with Gasteiger partial charge in [0.2, 0.25) is 10.3 Å². The Labute approximate surface area is 433 Å². The topological polar surface area (TPSA) is 121 Å². The molecule has 8 radical (unpaired) electrons. The molecular weight excluding hydrogens is 1030 g/mol. The maximum atomic E-state index is 12.4. The number of benzene rings is 4. The molecule has 2 heterocycles. The molecule has 0 amide bonds. The van der Waals surface area contributed by atoms with Crippen LogP contribution in [0.3, 0.4) is 0 Å². The summed E-state index contributed by atoms with van der Waals surface area (Å²) in [7, 11) is 23.4. The maximum Gasteiger partial charge on any atom is 0.338 e. The maximum absolute atomic E-state index is 12.4. The smallest absolute Gasteiger partial charge is 0.338 e. The minimum absolute atomic E-state index is 0.204. The Morgan fingerprint density at radius 2 is 1.10 bits per heavy atom. The molecule has 0 aliphatic heterocycles. The van der Waals surface area contributed by atoms with Crippen molar-refractivity contribution in [3.8, 4) is 22.5 Å². The molecule has 67 heavy (non-hydrogen) atoms. The normalized spacial score (nSPS) is 10.5. The lowest BCUT2D eigenvalue weighted by Crippen LogP contribution is -2.38. The van der Waals surface area contributed by atoms with Gasteiger partial charge in [0.15, 0.2) is 0 Å². The molecule has 6 aromatic rings. The number of hydrogen-bond donors (Lipinski definition) is 1. The van der Waals surface area contributed by atoms with E-state index in [0.29, 0.717) is 38.5 Å². The van der Waals surface area contributed by atoms with E-state index in [9.17, 15) is 14.7 Å². The summed E-state index contributed by atoms with van der Waals surface area (Å²) in [6.45, 7) is 4.78. The number of esters is 1. The summed E-state index contributed by atoms with van der Waals surface area (Å²) in [5.74, 6) is -1.31. The van der Waals surface area contributed by atoms with E-state index in [-0.39, 0.29) is 11.5 Å². The third kappa shape index (κ3) is 20.1. The number of aromatic nitrogens is 2. The van der Waals surface area contributed by atoms with Gasteiger partial charge in [-0.05, 0) is 41.5 Å². The summed E-state index contributed by atoms with van der Waals surface area (Å²) in [5, 5.41) is 27.8. The Morgan fingerprint density at radius 3 is 1.52 bits per heavy atom. The SMILES string of the molecule is CCCCCI.CCCCCOC(=O)c1ccccc1/C=N/N(C)c1nc(-c2ccccc2Cl)cs1.CN(/N=C/c1ccccc1C(=O)O)c1nc(-c2ccccc2Cl)cs1.[B]B([B])B([B])[B]. The highest BCUT2D eigenvalue weighted by Gasteiger charge is 2.14. The Bertz CT molecular complexity index is 2480. The number of carbonyl (C=O) groups excluding carboxylic acids is 1. The number of hydrazone groups is 2. The predicted molar refractivity (Wildman–Crippen MR) is 300 cm³/mol. The van der Waals surface area contributed by atoms with Gasteiger partial charge in [-0.15, -0.1) is 22.7 Å². The molecule has 21 heteroatoms. The third-order valence-electron chi connectivity index (χ3n) is 9.11. The van der Waals surface area contributed by atoms with Crippen LogP contribution in [0.1, 0.15) is 84.2 Å². The van der Waals surface area contributed by atoms with Crippen LogP contribution in [0.25, 0.3) is 22.5 Å². The zero-order valence-corrected chi connectivity index (χ0v) is 43.3. The fourth-order valence-electron chi connectivity index (χ4n) is 5.35. The number of nitrogens with zero attached hydrogens (tertiary/aromatic N) is 6. The van der Waals surface area contributed by atoms with E-state index in [0.717, 1.165) is 46.9 Å². The van der Waals surface area contributed by atoms with E-state index >= 15 is 0 Å². The van der Waals surface area contributed by atoms with Crippen molar-refractivity contribution < 1.29 is 19.4 Å². The van der Waals surface area contributed by atoms with E-state index in [1.807, 2.05) is 84.5 Å². The fourth-order valence-corrected chi connectivity index (χ4v) is 7.85. The van der Waals surface area contributed by atoms with Crippen LogP contribution in [0.15, 0.2) is 118 Å². The number of halogens is 3. The lowest BCUT2D eigenvalue weighted by Gasteiger charge is -2.10. The van der Waals surface area contributed by atoms with Gasteiger partial charge in [-0.2, -0.15) is 10.2 Å². The lowest BCUT2D eigenvalue weighted by molar-refractivity contribution is 0.0497. The number of ether oxygens (including phenoxy) is 1. The van der Waals surface area contributed by atoms with Gasteiger partial charge >= 0.3 is 11.9 Å². The van der Waals surface area contributed by atoms with Crippen LogP contribution >= 0.6 is 68.5 Å². The van der Waals surface area contributed by atoms with Crippen LogP contribution in [0.4, 0.5) is 10.3 Å². The van der Waals surface area contributed by atoms with Gasteiger partial charge in [-0.25, -0.2) is 29.6 Å². The highest BCUT2D eigenvalue weighted by Crippen LogP contribution is 2.33. The molecule has 0 aliphatic carbocycles. The summed E-state index contributed by atoms with van der Waals surface area (Å²) in [6.07, 6.45) is 9.14. The molecule has 6 rings (SSSR count). The Balaban J connectivity index is 0.000000288. The van der Waals surface area contributed by atoms with Gasteiger partial charge in [-0.3, -0.25) is 0 Å². The highest BCUT2D eigenvalue weighted by molar-refractivity contribution is 14.1. The number of carboxylic acids is 1. The molecule has 0 saturated carbocycles. The molecule has 0 unspecified atom stereocenters. The van der Waals surface area contributed by atoms with E-state index < -0.39 is 18.7 Å².